The van der Waals surface area contributed by atoms with Gasteiger partial charge in [0.2, 0.25) is 5.95 Å². The number of nitrogens with two attached hydrogens (primary N) is 1. The van der Waals surface area contributed by atoms with E-state index in [0.29, 0.717) is 19.2 Å². The monoisotopic (exact) mass is 248 g/mol. The van der Waals surface area contributed by atoms with Crippen LogP contribution >= 0.6 is 0 Å². The zero-order chi connectivity index (χ0) is 12.4. The molecule has 18 heavy (non-hydrogen) atoms. The van der Waals surface area contributed by atoms with Crippen LogP contribution in [0.4, 0.5) is 5.95 Å². The second-order valence-corrected chi connectivity index (χ2v) is 5.02. The van der Waals surface area contributed by atoms with Crippen molar-refractivity contribution in [3.63, 3.8) is 0 Å². The summed E-state index contributed by atoms with van der Waals surface area (Å²) in [6, 6.07) is 0.400. The SMILES string of the molecule is NCC1CCCCN1c1ncc2c(n1)CCOC2. The summed E-state index contributed by atoms with van der Waals surface area (Å²) in [7, 11) is 0. The minimum Gasteiger partial charge on any atom is -0.376 e. The molecule has 0 aliphatic carbocycles. The molecule has 0 bridgehead atoms. The van der Waals surface area contributed by atoms with Crippen LogP contribution in [0.2, 0.25) is 0 Å². The third-order valence-electron chi connectivity index (χ3n) is 3.84. The summed E-state index contributed by atoms with van der Waals surface area (Å²) in [5.74, 6) is 0.853. The normalized spacial score (nSPS) is 23.8. The fraction of sp³-hybridized carbons (Fsp3) is 0.692. The molecule has 1 unspecified atom stereocenters. The quantitative estimate of drug-likeness (QED) is 0.841. The average molecular weight is 248 g/mol. The van der Waals surface area contributed by atoms with Gasteiger partial charge in [-0.15, -0.1) is 0 Å². The highest BCUT2D eigenvalue weighted by molar-refractivity contribution is 5.36. The van der Waals surface area contributed by atoms with Crippen LogP contribution in [0, 0.1) is 0 Å². The van der Waals surface area contributed by atoms with Crippen molar-refractivity contribution in [2.45, 2.75) is 38.3 Å². The molecule has 0 spiro atoms. The highest BCUT2D eigenvalue weighted by Crippen LogP contribution is 2.23. The van der Waals surface area contributed by atoms with Crippen molar-refractivity contribution >= 4 is 5.95 Å². The van der Waals surface area contributed by atoms with Gasteiger partial charge >= 0.3 is 0 Å². The maximum Gasteiger partial charge on any atom is 0.225 e. The van der Waals surface area contributed by atoms with Crippen molar-refractivity contribution in [3.05, 3.63) is 17.5 Å². The van der Waals surface area contributed by atoms with Gasteiger partial charge in [0.15, 0.2) is 0 Å². The lowest BCUT2D eigenvalue weighted by Crippen LogP contribution is -2.45. The van der Waals surface area contributed by atoms with E-state index in [0.717, 1.165) is 43.2 Å². The summed E-state index contributed by atoms with van der Waals surface area (Å²) < 4.78 is 5.41. The molecular weight excluding hydrogens is 228 g/mol. The van der Waals surface area contributed by atoms with Gasteiger partial charge in [0, 0.05) is 37.3 Å². The van der Waals surface area contributed by atoms with Gasteiger partial charge in [-0.05, 0) is 19.3 Å². The summed E-state index contributed by atoms with van der Waals surface area (Å²) >= 11 is 0. The van der Waals surface area contributed by atoms with Gasteiger partial charge in [-0.25, -0.2) is 9.97 Å². The number of piperidine rings is 1. The maximum atomic E-state index is 5.85. The molecular formula is C13H20N4O. The third-order valence-corrected chi connectivity index (χ3v) is 3.84. The fourth-order valence-electron chi connectivity index (χ4n) is 2.77. The van der Waals surface area contributed by atoms with Crippen LogP contribution in [-0.4, -0.2) is 35.7 Å². The Bertz CT molecular complexity index is 423. The highest BCUT2D eigenvalue weighted by Gasteiger charge is 2.24. The standard InChI is InChI=1S/C13H20N4O/c14-7-11-3-1-2-5-17(11)13-15-8-10-9-18-6-4-12(10)16-13/h8,11H,1-7,9,14H2. The minimum absolute atomic E-state index is 0.400. The molecule has 1 aromatic rings. The predicted molar refractivity (Wildman–Crippen MR) is 69.4 cm³/mol. The van der Waals surface area contributed by atoms with Gasteiger partial charge in [-0.2, -0.15) is 0 Å². The number of aromatic nitrogens is 2. The smallest absolute Gasteiger partial charge is 0.225 e. The van der Waals surface area contributed by atoms with E-state index in [-0.39, 0.29) is 0 Å². The average Bonchev–Trinajstić information content (AvgIpc) is 2.46. The number of ether oxygens (including phenoxy) is 1. The highest BCUT2D eigenvalue weighted by atomic mass is 16.5. The zero-order valence-corrected chi connectivity index (χ0v) is 10.6. The Kier molecular flexibility index (Phi) is 3.43. The van der Waals surface area contributed by atoms with E-state index in [4.69, 9.17) is 15.5 Å². The predicted octanol–water partition coefficient (Wildman–Crippen LogP) is 0.867. The van der Waals surface area contributed by atoms with Crippen LogP contribution in [0.1, 0.15) is 30.5 Å². The number of nitrogens with zero attached hydrogens (tertiary/aromatic N) is 3. The number of fused-ring (bicyclic) bond motifs is 1. The summed E-state index contributed by atoms with van der Waals surface area (Å²) in [4.78, 5) is 11.5. The van der Waals surface area contributed by atoms with Gasteiger partial charge in [-0.1, -0.05) is 0 Å². The van der Waals surface area contributed by atoms with Crippen LogP contribution in [0.3, 0.4) is 0 Å². The van der Waals surface area contributed by atoms with E-state index < -0.39 is 0 Å². The van der Waals surface area contributed by atoms with Gasteiger partial charge in [-0.3, -0.25) is 0 Å². The number of rotatable bonds is 2. The molecule has 98 valence electrons. The molecule has 5 nitrogen and oxygen atoms in total. The van der Waals surface area contributed by atoms with E-state index in [1.807, 2.05) is 6.20 Å². The molecule has 2 N–H and O–H groups in total. The molecule has 0 radical (unpaired) electrons. The van der Waals surface area contributed by atoms with Crippen LogP contribution < -0.4 is 10.6 Å². The van der Waals surface area contributed by atoms with Crippen LogP contribution in [0.15, 0.2) is 6.20 Å². The van der Waals surface area contributed by atoms with Crippen molar-refractivity contribution < 1.29 is 4.74 Å². The van der Waals surface area contributed by atoms with Gasteiger partial charge in [0.1, 0.15) is 0 Å². The summed E-state index contributed by atoms with van der Waals surface area (Å²) in [5, 5.41) is 0. The largest absolute Gasteiger partial charge is 0.376 e. The number of hydrogen-bond donors (Lipinski definition) is 1. The van der Waals surface area contributed by atoms with Crippen molar-refractivity contribution in [3.8, 4) is 0 Å². The molecule has 0 amide bonds. The molecule has 2 aliphatic heterocycles. The zero-order valence-electron chi connectivity index (χ0n) is 10.6. The number of hydrogen-bond acceptors (Lipinski definition) is 5. The molecule has 1 aromatic heterocycles. The lowest BCUT2D eigenvalue weighted by Gasteiger charge is -2.35. The second-order valence-electron chi connectivity index (χ2n) is 5.02. The Labute approximate surface area is 107 Å². The molecule has 3 heterocycles. The molecule has 3 rings (SSSR count). The van der Waals surface area contributed by atoms with E-state index in [9.17, 15) is 0 Å². The summed E-state index contributed by atoms with van der Waals surface area (Å²) in [6.07, 6.45) is 6.43. The number of anilines is 1. The van der Waals surface area contributed by atoms with E-state index >= 15 is 0 Å². The minimum atomic E-state index is 0.400. The third kappa shape index (κ3) is 2.20. The molecule has 2 aliphatic rings. The first-order valence-corrected chi connectivity index (χ1v) is 6.77. The molecule has 0 aromatic carbocycles. The molecule has 0 saturated carbocycles. The van der Waals surface area contributed by atoms with Crippen LogP contribution in [-0.2, 0) is 17.8 Å². The Balaban J connectivity index is 1.86. The first-order valence-electron chi connectivity index (χ1n) is 6.77. The summed E-state index contributed by atoms with van der Waals surface area (Å²) in [6.45, 7) is 3.13. The summed E-state index contributed by atoms with van der Waals surface area (Å²) in [5.41, 5.74) is 8.13. The van der Waals surface area contributed by atoms with Crippen molar-refractivity contribution in [2.24, 2.45) is 5.73 Å². The molecule has 1 fully saturated rings. The van der Waals surface area contributed by atoms with Gasteiger partial charge in [0.05, 0.1) is 18.9 Å². The topological polar surface area (TPSA) is 64.3 Å². The Morgan fingerprint density at radius 1 is 1.44 bits per heavy atom. The van der Waals surface area contributed by atoms with Crippen molar-refractivity contribution in [1.82, 2.24) is 9.97 Å². The van der Waals surface area contributed by atoms with Gasteiger partial charge in [0.25, 0.3) is 0 Å². The Morgan fingerprint density at radius 3 is 3.28 bits per heavy atom. The Morgan fingerprint density at radius 2 is 2.39 bits per heavy atom. The van der Waals surface area contributed by atoms with E-state index in [2.05, 4.69) is 9.88 Å². The maximum absolute atomic E-state index is 5.85. The van der Waals surface area contributed by atoms with Crippen molar-refractivity contribution in [1.29, 1.82) is 0 Å². The second kappa shape index (κ2) is 5.20. The fourth-order valence-corrected chi connectivity index (χ4v) is 2.77. The van der Waals surface area contributed by atoms with E-state index in [1.165, 1.54) is 12.8 Å². The van der Waals surface area contributed by atoms with Crippen molar-refractivity contribution in [2.75, 3.05) is 24.6 Å². The van der Waals surface area contributed by atoms with E-state index in [1.54, 1.807) is 0 Å². The molecule has 5 heteroatoms. The first-order chi connectivity index (χ1) is 8.88. The van der Waals surface area contributed by atoms with Crippen LogP contribution in [0.25, 0.3) is 0 Å². The molecule has 1 atom stereocenters. The Hall–Kier alpha value is -1.20. The van der Waals surface area contributed by atoms with Gasteiger partial charge < -0.3 is 15.4 Å². The first kappa shape index (κ1) is 11.9. The van der Waals surface area contributed by atoms with Crippen LogP contribution in [0.5, 0.6) is 0 Å². The lowest BCUT2D eigenvalue weighted by molar-refractivity contribution is 0.109. The lowest BCUT2D eigenvalue weighted by atomic mass is 10.0. The molecule has 1 saturated heterocycles.